The molecule has 0 bridgehead atoms. The zero-order valence-corrected chi connectivity index (χ0v) is 5.33. The summed E-state index contributed by atoms with van der Waals surface area (Å²) in [7, 11) is 0. The molecule has 1 saturated heterocycles. The molecule has 1 fully saturated rings. The zero-order valence-electron chi connectivity index (χ0n) is 5.33. The average molecular weight is 101 g/mol. The molecule has 0 spiro atoms. The van der Waals surface area contributed by atoms with Crippen molar-refractivity contribution in [2.75, 3.05) is 13.1 Å². The summed E-state index contributed by atoms with van der Waals surface area (Å²) in [6, 6.07) is 0. The predicted octanol–water partition coefficient (Wildman–Crippen LogP) is 1.40. The smallest absolute Gasteiger partial charge is 0.00484 e. The molecule has 1 N–H and O–H groups in total. The SMILES string of the molecule is C1CCNC1.CC. The van der Waals surface area contributed by atoms with Crippen molar-refractivity contribution in [2.24, 2.45) is 0 Å². The topological polar surface area (TPSA) is 12.0 Å². The second-order valence-corrected chi connectivity index (χ2v) is 1.46. The Morgan fingerprint density at radius 3 is 1.57 bits per heavy atom. The molecule has 1 heterocycles. The standard InChI is InChI=1S/C4H9N.C2H6/c1-2-4-5-3-1;1-2/h5H,1-4H2;1-2H3. The van der Waals surface area contributed by atoms with Crippen LogP contribution in [0.1, 0.15) is 26.7 Å². The fraction of sp³-hybridized carbons (Fsp3) is 1.00. The van der Waals surface area contributed by atoms with E-state index in [0.29, 0.717) is 0 Å². The molecule has 44 valence electrons. The van der Waals surface area contributed by atoms with Gasteiger partial charge in [0.1, 0.15) is 0 Å². The van der Waals surface area contributed by atoms with Crippen molar-refractivity contribution in [1.82, 2.24) is 5.32 Å². The van der Waals surface area contributed by atoms with Gasteiger partial charge in [0.25, 0.3) is 0 Å². The van der Waals surface area contributed by atoms with Crippen LogP contribution in [0.4, 0.5) is 0 Å². The first-order chi connectivity index (χ1) is 3.50. The summed E-state index contributed by atoms with van der Waals surface area (Å²) in [5, 5.41) is 3.22. The van der Waals surface area contributed by atoms with Gasteiger partial charge in [-0.1, -0.05) is 13.8 Å². The van der Waals surface area contributed by atoms with Gasteiger partial charge in [-0.25, -0.2) is 0 Å². The van der Waals surface area contributed by atoms with Gasteiger partial charge >= 0.3 is 0 Å². The van der Waals surface area contributed by atoms with E-state index in [1.54, 1.807) is 0 Å². The molecular formula is C6H15N. The first-order valence-electron chi connectivity index (χ1n) is 3.21. The van der Waals surface area contributed by atoms with E-state index in [1.807, 2.05) is 13.8 Å². The quantitative estimate of drug-likeness (QED) is 0.486. The van der Waals surface area contributed by atoms with E-state index in [-0.39, 0.29) is 0 Å². The lowest BCUT2D eigenvalue weighted by molar-refractivity contribution is 0.857. The Morgan fingerprint density at radius 2 is 1.43 bits per heavy atom. The highest BCUT2D eigenvalue weighted by Gasteiger charge is 1.93. The maximum Gasteiger partial charge on any atom is -0.00484 e. The Labute approximate surface area is 46.1 Å². The summed E-state index contributed by atoms with van der Waals surface area (Å²) < 4.78 is 0. The van der Waals surface area contributed by atoms with Crippen LogP contribution in [0, 0.1) is 0 Å². The van der Waals surface area contributed by atoms with Gasteiger partial charge in [0.2, 0.25) is 0 Å². The molecule has 0 aromatic heterocycles. The van der Waals surface area contributed by atoms with Crippen molar-refractivity contribution in [3.8, 4) is 0 Å². The largest absolute Gasteiger partial charge is 0.317 e. The van der Waals surface area contributed by atoms with Gasteiger partial charge in [0.15, 0.2) is 0 Å². The molecule has 1 aliphatic heterocycles. The molecular weight excluding hydrogens is 86.1 g/mol. The van der Waals surface area contributed by atoms with Gasteiger partial charge in [-0.05, 0) is 25.9 Å². The first kappa shape index (κ1) is 6.96. The Morgan fingerprint density at radius 1 is 1.00 bits per heavy atom. The molecule has 0 atom stereocenters. The van der Waals surface area contributed by atoms with Crippen LogP contribution in [0.5, 0.6) is 0 Å². The van der Waals surface area contributed by atoms with Crippen molar-refractivity contribution < 1.29 is 0 Å². The maximum atomic E-state index is 3.22. The highest BCUT2D eigenvalue weighted by atomic mass is 14.9. The van der Waals surface area contributed by atoms with Crippen LogP contribution < -0.4 is 5.32 Å². The Balaban J connectivity index is 0.000000162. The van der Waals surface area contributed by atoms with E-state index in [4.69, 9.17) is 0 Å². The van der Waals surface area contributed by atoms with Gasteiger partial charge in [0, 0.05) is 0 Å². The molecule has 0 radical (unpaired) electrons. The second kappa shape index (κ2) is 5.96. The highest BCUT2D eigenvalue weighted by Crippen LogP contribution is 1.90. The normalized spacial score (nSPS) is 18.0. The van der Waals surface area contributed by atoms with Gasteiger partial charge in [-0.3, -0.25) is 0 Å². The van der Waals surface area contributed by atoms with Gasteiger partial charge in [0.05, 0.1) is 0 Å². The first-order valence-corrected chi connectivity index (χ1v) is 3.21. The second-order valence-electron chi connectivity index (χ2n) is 1.46. The van der Waals surface area contributed by atoms with Crippen LogP contribution in [0.3, 0.4) is 0 Å². The summed E-state index contributed by atoms with van der Waals surface area (Å²) >= 11 is 0. The van der Waals surface area contributed by atoms with E-state index in [1.165, 1.54) is 25.9 Å². The van der Waals surface area contributed by atoms with E-state index >= 15 is 0 Å². The number of rotatable bonds is 0. The summed E-state index contributed by atoms with van der Waals surface area (Å²) in [5.74, 6) is 0. The van der Waals surface area contributed by atoms with Gasteiger partial charge < -0.3 is 5.32 Å². The summed E-state index contributed by atoms with van der Waals surface area (Å²) in [6.45, 7) is 6.50. The predicted molar refractivity (Wildman–Crippen MR) is 33.5 cm³/mol. The molecule has 1 nitrogen and oxygen atoms in total. The minimum atomic E-state index is 1.25. The minimum absolute atomic E-state index is 1.25. The molecule has 0 aliphatic carbocycles. The van der Waals surface area contributed by atoms with E-state index in [9.17, 15) is 0 Å². The maximum absolute atomic E-state index is 3.22. The van der Waals surface area contributed by atoms with Crippen molar-refractivity contribution in [3.63, 3.8) is 0 Å². The summed E-state index contributed by atoms with van der Waals surface area (Å²) in [4.78, 5) is 0. The van der Waals surface area contributed by atoms with Crippen molar-refractivity contribution in [1.29, 1.82) is 0 Å². The zero-order chi connectivity index (χ0) is 5.54. The van der Waals surface area contributed by atoms with E-state index in [2.05, 4.69) is 5.32 Å². The Kier molecular flexibility index (Phi) is 5.93. The molecule has 0 aromatic carbocycles. The van der Waals surface area contributed by atoms with Crippen LogP contribution in [0.25, 0.3) is 0 Å². The Hall–Kier alpha value is -0.0400. The minimum Gasteiger partial charge on any atom is -0.317 e. The van der Waals surface area contributed by atoms with Crippen LogP contribution in [0.2, 0.25) is 0 Å². The third-order valence-corrected chi connectivity index (χ3v) is 0.957. The number of hydrogen-bond acceptors (Lipinski definition) is 1. The van der Waals surface area contributed by atoms with Crippen molar-refractivity contribution in [3.05, 3.63) is 0 Å². The van der Waals surface area contributed by atoms with Crippen molar-refractivity contribution >= 4 is 0 Å². The molecule has 0 unspecified atom stereocenters. The molecule has 7 heavy (non-hydrogen) atoms. The van der Waals surface area contributed by atoms with Crippen LogP contribution in [-0.2, 0) is 0 Å². The van der Waals surface area contributed by atoms with Gasteiger partial charge in [-0.15, -0.1) is 0 Å². The molecule has 0 aromatic rings. The van der Waals surface area contributed by atoms with E-state index in [0.717, 1.165) is 0 Å². The lowest BCUT2D eigenvalue weighted by Crippen LogP contribution is -2.03. The fourth-order valence-electron chi connectivity index (χ4n) is 0.625. The van der Waals surface area contributed by atoms with Crippen LogP contribution in [0.15, 0.2) is 0 Å². The fourth-order valence-corrected chi connectivity index (χ4v) is 0.625. The third kappa shape index (κ3) is 3.80. The molecule has 1 rings (SSSR count). The Bertz CT molecular complexity index is 15.8. The van der Waals surface area contributed by atoms with Gasteiger partial charge in [-0.2, -0.15) is 0 Å². The number of hydrogen-bond donors (Lipinski definition) is 1. The summed E-state index contributed by atoms with van der Waals surface area (Å²) in [5.41, 5.74) is 0. The third-order valence-electron chi connectivity index (χ3n) is 0.957. The molecule has 0 saturated carbocycles. The lowest BCUT2D eigenvalue weighted by atomic mass is 10.4. The van der Waals surface area contributed by atoms with Crippen LogP contribution >= 0.6 is 0 Å². The van der Waals surface area contributed by atoms with Crippen LogP contribution in [-0.4, -0.2) is 13.1 Å². The average Bonchev–Trinajstić information content (AvgIpc) is 2.23. The summed E-state index contributed by atoms with van der Waals surface area (Å²) in [6.07, 6.45) is 2.78. The van der Waals surface area contributed by atoms with Crippen molar-refractivity contribution in [2.45, 2.75) is 26.7 Å². The molecule has 1 aliphatic rings. The van der Waals surface area contributed by atoms with E-state index < -0.39 is 0 Å². The monoisotopic (exact) mass is 101 g/mol. The molecule has 0 amide bonds. The number of nitrogens with one attached hydrogen (secondary N) is 1. The molecule has 1 heteroatoms. The lowest BCUT2D eigenvalue weighted by Gasteiger charge is -1.76. The highest BCUT2D eigenvalue weighted by molar-refractivity contribution is 4.55.